The third-order valence-corrected chi connectivity index (χ3v) is 3.75. The summed E-state index contributed by atoms with van der Waals surface area (Å²) in [6.07, 6.45) is 0.778. The summed E-state index contributed by atoms with van der Waals surface area (Å²) in [4.78, 5) is 23.4. The number of halogens is 4. The fraction of sp³-hybridized carbons (Fsp3) is 0.0588. The Morgan fingerprint density at radius 2 is 1.68 bits per heavy atom. The number of nitrogens with zero attached hydrogens (tertiary/aromatic N) is 1. The summed E-state index contributed by atoms with van der Waals surface area (Å²) < 4.78 is 56.2. The van der Waals surface area contributed by atoms with E-state index in [0.717, 1.165) is 16.8 Å². The molecule has 0 aliphatic carbocycles. The lowest BCUT2D eigenvalue weighted by Crippen LogP contribution is -2.20. The molecule has 0 aliphatic rings. The van der Waals surface area contributed by atoms with Gasteiger partial charge in [-0.25, -0.2) is 22.4 Å². The molecule has 0 unspecified atom stereocenters. The van der Waals surface area contributed by atoms with E-state index in [4.69, 9.17) is 5.11 Å². The molecule has 1 heterocycles. The Bertz CT molecular complexity index is 1080. The minimum Gasteiger partial charge on any atom is -0.477 e. The molecular weight excluding hydrogens is 342 g/mol. The molecule has 0 radical (unpaired) electrons. The van der Waals surface area contributed by atoms with E-state index < -0.39 is 52.3 Å². The zero-order valence-electron chi connectivity index (χ0n) is 12.4. The van der Waals surface area contributed by atoms with Crippen LogP contribution in [0.25, 0.3) is 10.9 Å². The number of carboxylic acids is 1. The Balaban J connectivity index is 2.33. The highest BCUT2D eigenvalue weighted by Gasteiger charge is 2.20. The quantitative estimate of drug-likeness (QED) is 0.582. The number of aromatic nitrogens is 1. The molecule has 0 saturated carbocycles. The molecule has 128 valence electrons. The minimum absolute atomic E-state index is 0.267. The first-order valence-corrected chi connectivity index (χ1v) is 6.98. The van der Waals surface area contributed by atoms with Crippen molar-refractivity contribution in [3.05, 3.63) is 81.1 Å². The van der Waals surface area contributed by atoms with Crippen molar-refractivity contribution in [1.29, 1.82) is 0 Å². The molecule has 3 rings (SSSR count). The molecule has 1 N–H and O–H groups in total. The lowest BCUT2D eigenvalue weighted by atomic mass is 10.1. The molecular formula is C17H9F4NO3. The van der Waals surface area contributed by atoms with Gasteiger partial charge in [0.25, 0.3) is 0 Å². The van der Waals surface area contributed by atoms with E-state index in [-0.39, 0.29) is 10.9 Å². The van der Waals surface area contributed by atoms with Gasteiger partial charge in [0, 0.05) is 17.1 Å². The minimum atomic E-state index is -1.58. The highest BCUT2D eigenvalue weighted by molar-refractivity contribution is 5.92. The van der Waals surface area contributed by atoms with E-state index in [1.165, 1.54) is 12.1 Å². The van der Waals surface area contributed by atoms with Crippen LogP contribution < -0.4 is 5.43 Å². The van der Waals surface area contributed by atoms with Crippen LogP contribution in [0.5, 0.6) is 0 Å². The van der Waals surface area contributed by atoms with Gasteiger partial charge in [-0.2, -0.15) is 0 Å². The smallest absolute Gasteiger partial charge is 0.341 e. The third kappa shape index (κ3) is 2.75. The zero-order chi connectivity index (χ0) is 18.3. The molecule has 8 heteroatoms. The second-order valence-electron chi connectivity index (χ2n) is 5.26. The summed E-state index contributed by atoms with van der Waals surface area (Å²) in [6.45, 7) is -0.701. The molecule has 0 atom stereocenters. The average molecular weight is 351 g/mol. The van der Waals surface area contributed by atoms with E-state index in [1.54, 1.807) is 0 Å². The van der Waals surface area contributed by atoms with Gasteiger partial charge in [0.15, 0.2) is 11.6 Å². The Morgan fingerprint density at radius 3 is 2.36 bits per heavy atom. The Labute approximate surface area is 137 Å². The normalized spacial score (nSPS) is 11.0. The van der Waals surface area contributed by atoms with Crippen LogP contribution in [-0.4, -0.2) is 15.6 Å². The van der Waals surface area contributed by atoms with Gasteiger partial charge in [-0.1, -0.05) is 6.07 Å². The summed E-state index contributed by atoms with van der Waals surface area (Å²) in [5.41, 5.74) is -2.68. The highest BCUT2D eigenvalue weighted by atomic mass is 19.2. The van der Waals surface area contributed by atoms with Gasteiger partial charge < -0.3 is 9.67 Å². The lowest BCUT2D eigenvalue weighted by molar-refractivity contribution is 0.0695. The van der Waals surface area contributed by atoms with Crippen molar-refractivity contribution >= 4 is 16.9 Å². The Hall–Kier alpha value is -3.16. The summed E-state index contributed by atoms with van der Waals surface area (Å²) in [5.74, 6) is -6.33. The number of carboxylic acid groups (broad SMARTS) is 1. The predicted octanol–water partition coefficient (Wildman–Crippen LogP) is 3.30. The van der Waals surface area contributed by atoms with Crippen LogP contribution in [-0.2, 0) is 6.54 Å². The topological polar surface area (TPSA) is 59.3 Å². The first-order valence-electron chi connectivity index (χ1n) is 6.98. The summed E-state index contributed by atoms with van der Waals surface area (Å²) >= 11 is 0. The van der Waals surface area contributed by atoms with Crippen molar-refractivity contribution in [3.8, 4) is 0 Å². The zero-order valence-corrected chi connectivity index (χ0v) is 12.4. The second kappa shape index (κ2) is 6.04. The molecule has 3 aromatic rings. The fourth-order valence-corrected chi connectivity index (χ4v) is 2.58. The molecule has 1 aromatic heterocycles. The van der Waals surface area contributed by atoms with Gasteiger partial charge >= 0.3 is 5.97 Å². The summed E-state index contributed by atoms with van der Waals surface area (Å²) in [5, 5.41) is 8.86. The van der Waals surface area contributed by atoms with Crippen molar-refractivity contribution < 1.29 is 27.5 Å². The van der Waals surface area contributed by atoms with Crippen LogP contribution in [0.1, 0.15) is 15.9 Å². The van der Waals surface area contributed by atoms with Crippen LogP contribution >= 0.6 is 0 Å². The van der Waals surface area contributed by atoms with Crippen molar-refractivity contribution in [2.45, 2.75) is 6.54 Å². The molecule has 25 heavy (non-hydrogen) atoms. The maximum Gasteiger partial charge on any atom is 0.341 e. The molecule has 4 nitrogen and oxygen atoms in total. The van der Waals surface area contributed by atoms with Crippen molar-refractivity contribution in [2.24, 2.45) is 0 Å². The van der Waals surface area contributed by atoms with Gasteiger partial charge in [-0.3, -0.25) is 4.79 Å². The largest absolute Gasteiger partial charge is 0.477 e. The van der Waals surface area contributed by atoms with E-state index in [1.807, 2.05) is 0 Å². The van der Waals surface area contributed by atoms with E-state index in [2.05, 4.69) is 0 Å². The number of hydrogen-bond donors (Lipinski definition) is 1. The van der Waals surface area contributed by atoms with Crippen LogP contribution in [0.2, 0.25) is 0 Å². The average Bonchev–Trinajstić information content (AvgIpc) is 2.57. The Morgan fingerprint density at radius 1 is 1.00 bits per heavy atom. The Kier molecular flexibility index (Phi) is 4.03. The predicted molar refractivity (Wildman–Crippen MR) is 80.5 cm³/mol. The summed E-state index contributed by atoms with van der Waals surface area (Å²) in [6, 6.07) is 4.71. The van der Waals surface area contributed by atoms with Crippen LogP contribution in [0.4, 0.5) is 17.6 Å². The number of carbonyl (C=O) groups is 1. The SMILES string of the molecule is O=C(O)c1cn(Cc2c(F)ccc(F)c2F)c2c(F)cccc2c1=O. The van der Waals surface area contributed by atoms with E-state index >= 15 is 0 Å². The van der Waals surface area contributed by atoms with Crippen molar-refractivity contribution in [3.63, 3.8) is 0 Å². The van der Waals surface area contributed by atoms with Gasteiger partial charge in [0.2, 0.25) is 5.43 Å². The number of rotatable bonds is 3. The maximum absolute atomic E-state index is 14.2. The summed E-state index contributed by atoms with van der Waals surface area (Å²) in [7, 11) is 0. The van der Waals surface area contributed by atoms with E-state index in [0.29, 0.717) is 12.1 Å². The third-order valence-electron chi connectivity index (χ3n) is 3.75. The highest BCUT2D eigenvalue weighted by Crippen LogP contribution is 2.21. The van der Waals surface area contributed by atoms with Crippen LogP contribution in [0, 0.1) is 23.3 Å². The maximum atomic E-state index is 14.2. The molecule has 0 amide bonds. The van der Waals surface area contributed by atoms with Gasteiger partial charge in [-0.05, 0) is 24.3 Å². The van der Waals surface area contributed by atoms with Gasteiger partial charge in [-0.15, -0.1) is 0 Å². The first-order chi connectivity index (χ1) is 11.8. The monoisotopic (exact) mass is 351 g/mol. The van der Waals surface area contributed by atoms with Gasteiger partial charge in [0.1, 0.15) is 17.2 Å². The fourth-order valence-electron chi connectivity index (χ4n) is 2.58. The molecule has 0 spiro atoms. The number of benzene rings is 2. The number of pyridine rings is 1. The van der Waals surface area contributed by atoms with Gasteiger partial charge in [0.05, 0.1) is 12.1 Å². The number of hydrogen-bond acceptors (Lipinski definition) is 2. The number of fused-ring (bicyclic) bond motifs is 1. The molecule has 0 aliphatic heterocycles. The molecule has 0 bridgehead atoms. The van der Waals surface area contributed by atoms with Crippen LogP contribution in [0.3, 0.4) is 0 Å². The number of aromatic carboxylic acids is 1. The molecule has 0 fully saturated rings. The second-order valence-corrected chi connectivity index (χ2v) is 5.26. The lowest BCUT2D eigenvalue weighted by Gasteiger charge is -2.14. The van der Waals surface area contributed by atoms with E-state index in [9.17, 15) is 27.2 Å². The first kappa shape index (κ1) is 16.7. The molecule has 2 aromatic carbocycles. The molecule has 0 saturated heterocycles. The standard InChI is InChI=1S/C17H9F4NO3/c18-11-4-5-12(19)14(21)9(11)6-22-7-10(17(24)25)16(23)8-2-1-3-13(20)15(8)22/h1-5,7H,6H2,(H,24,25). The van der Waals surface area contributed by atoms with Crippen molar-refractivity contribution in [1.82, 2.24) is 4.57 Å². The number of para-hydroxylation sites is 1. The van der Waals surface area contributed by atoms with Crippen LogP contribution in [0.15, 0.2) is 41.3 Å². The van der Waals surface area contributed by atoms with Crippen molar-refractivity contribution in [2.75, 3.05) is 0 Å².